The van der Waals surface area contributed by atoms with Crippen molar-refractivity contribution in [2.45, 2.75) is 39.9 Å². The van der Waals surface area contributed by atoms with Crippen LogP contribution in [0, 0.1) is 6.92 Å². The summed E-state index contributed by atoms with van der Waals surface area (Å²) in [7, 11) is 0. The van der Waals surface area contributed by atoms with Crippen LogP contribution in [-0.2, 0) is 13.1 Å². The molecule has 0 atom stereocenters. The number of aromatic nitrogens is 2. The number of nitrogens with zero attached hydrogens (tertiary/aromatic N) is 2. The number of imidazole rings is 1. The zero-order valence-corrected chi connectivity index (χ0v) is 13.3. The van der Waals surface area contributed by atoms with Crippen LogP contribution >= 0.6 is 27.3 Å². The van der Waals surface area contributed by atoms with Gasteiger partial charge in [-0.05, 0) is 35.0 Å². The summed E-state index contributed by atoms with van der Waals surface area (Å²) < 4.78 is 3.45. The Kier molecular flexibility index (Phi) is 4.59. The lowest BCUT2D eigenvalue weighted by Gasteiger charge is -2.11. The van der Waals surface area contributed by atoms with Gasteiger partial charge in [0.2, 0.25) is 0 Å². The standard InChI is InChI=1S/C13H18BrN3S/c1-9(2)15-6-11-7-16-10(3)17(11)8-12-4-5-13(14)18-12/h4-5,7,9,15H,6,8H2,1-3H3. The molecule has 0 saturated heterocycles. The molecule has 98 valence electrons. The van der Waals surface area contributed by atoms with Gasteiger partial charge in [0.05, 0.1) is 16.0 Å². The van der Waals surface area contributed by atoms with E-state index in [1.807, 2.05) is 6.20 Å². The second-order valence-electron chi connectivity index (χ2n) is 4.62. The molecule has 0 amide bonds. The molecule has 0 aliphatic rings. The highest BCUT2D eigenvalue weighted by atomic mass is 79.9. The van der Waals surface area contributed by atoms with Crippen LogP contribution in [0.5, 0.6) is 0 Å². The first-order chi connectivity index (χ1) is 8.56. The van der Waals surface area contributed by atoms with Gasteiger partial charge in [-0.15, -0.1) is 11.3 Å². The number of aryl methyl sites for hydroxylation is 1. The molecule has 0 radical (unpaired) electrons. The third-order valence-electron chi connectivity index (χ3n) is 2.77. The molecule has 2 rings (SSSR count). The maximum Gasteiger partial charge on any atom is 0.106 e. The van der Waals surface area contributed by atoms with Crippen LogP contribution in [0.4, 0.5) is 0 Å². The molecule has 0 saturated carbocycles. The number of hydrogen-bond acceptors (Lipinski definition) is 3. The fraction of sp³-hybridized carbons (Fsp3) is 0.462. The van der Waals surface area contributed by atoms with Crippen LogP contribution < -0.4 is 5.32 Å². The Morgan fingerprint density at radius 3 is 2.83 bits per heavy atom. The minimum absolute atomic E-state index is 0.490. The summed E-state index contributed by atoms with van der Waals surface area (Å²) in [6.07, 6.45) is 1.97. The summed E-state index contributed by atoms with van der Waals surface area (Å²) >= 11 is 5.28. The van der Waals surface area contributed by atoms with Crippen LogP contribution in [0.25, 0.3) is 0 Å². The van der Waals surface area contributed by atoms with Gasteiger partial charge in [-0.3, -0.25) is 0 Å². The number of thiophene rings is 1. The van der Waals surface area contributed by atoms with E-state index >= 15 is 0 Å². The Balaban J connectivity index is 2.13. The summed E-state index contributed by atoms with van der Waals surface area (Å²) in [5.74, 6) is 1.07. The van der Waals surface area contributed by atoms with Crippen LogP contribution in [0.15, 0.2) is 22.1 Å². The van der Waals surface area contributed by atoms with Gasteiger partial charge >= 0.3 is 0 Å². The molecule has 18 heavy (non-hydrogen) atoms. The monoisotopic (exact) mass is 327 g/mol. The molecule has 0 fully saturated rings. The predicted molar refractivity (Wildman–Crippen MR) is 80.1 cm³/mol. The highest BCUT2D eigenvalue weighted by Gasteiger charge is 2.08. The smallest absolute Gasteiger partial charge is 0.106 e. The molecular formula is C13H18BrN3S. The van der Waals surface area contributed by atoms with Gasteiger partial charge in [-0.2, -0.15) is 0 Å². The summed E-state index contributed by atoms with van der Waals surface area (Å²) in [4.78, 5) is 5.75. The number of halogens is 1. The molecule has 2 aromatic heterocycles. The van der Waals surface area contributed by atoms with E-state index in [1.165, 1.54) is 14.4 Å². The van der Waals surface area contributed by atoms with E-state index < -0.39 is 0 Å². The van der Waals surface area contributed by atoms with E-state index in [2.05, 4.69) is 63.7 Å². The van der Waals surface area contributed by atoms with E-state index in [9.17, 15) is 0 Å². The van der Waals surface area contributed by atoms with E-state index in [1.54, 1.807) is 11.3 Å². The molecule has 0 aromatic carbocycles. The highest BCUT2D eigenvalue weighted by molar-refractivity contribution is 9.11. The van der Waals surface area contributed by atoms with Crippen molar-refractivity contribution in [3.8, 4) is 0 Å². The molecule has 3 nitrogen and oxygen atoms in total. The summed E-state index contributed by atoms with van der Waals surface area (Å²) in [6.45, 7) is 8.14. The number of nitrogens with one attached hydrogen (secondary N) is 1. The molecule has 0 unspecified atom stereocenters. The van der Waals surface area contributed by atoms with Gasteiger partial charge < -0.3 is 9.88 Å². The Bertz CT molecular complexity index is 516. The van der Waals surface area contributed by atoms with Crippen LogP contribution in [-0.4, -0.2) is 15.6 Å². The van der Waals surface area contributed by atoms with Gasteiger partial charge in [0.15, 0.2) is 0 Å². The van der Waals surface area contributed by atoms with E-state index in [0.717, 1.165) is 18.9 Å². The molecule has 0 spiro atoms. The number of rotatable bonds is 5. The summed E-state index contributed by atoms with van der Waals surface area (Å²) in [5.41, 5.74) is 1.24. The maximum absolute atomic E-state index is 4.41. The second kappa shape index (κ2) is 5.99. The number of hydrogen-bond donors (Lipinski definition) is 1. The van der Waals surface area contributed by atoms with Crippen molar-refractivity contribution in [2.75, 3.05) is 0 Å². The van der Waals surface area contributed by atoms with Crippen molar-refractivity contribution in [1.29, 1.82) is 0 Å². The molecule has 0 aliphatic carbocycles. The molecule has 2 aromatic rings. The van der Waals surface area contributed by atoms with Gasteiger partial charge in [0.1, 0.15) is 5.82 Å². The van der Waals surface area contributed by atoms with E-state index in [0.29, 0.717) is 6.04 Å². The van der Waals surface area contributed by atoms with E-state index in [-0.39, 0.29) is 0 Å². The first-order valence-corrected chi connectivity index (χ1v) is 7.66. The zero-order chi connectivity index (χ0) is 13.1. The molecule has 0 aliphatic heterocycles. The van der Waals surface area contributed by atoms with Gasteiger partial charge in [-0.25, -0.2) is 4.98 Å². The topological polar surface area (TPSA) is 29.9 Å². The molecule has 5 heteroatoms. The third kappa shape index (κ3) is 3.43. The molecule has 0 bridgehead atoms. The van der Waals surface area contributed by atoms with Crippen LogP contribution in [0.3, 0.4) is 0 Å². The normalized spacial score (nSPS) is 11.4. The lowest BCUT2D eigenvalue weighted by atomic mass is 10.3. The first-order valence-electron chi connectivity index (χ1n) is 6.05. The summed E-state index contributed by atoms with van der Waals surface area (Å²) in [5, 5.41) is 3.44. The lowest BCUT2D eigenvalue weighted by Crippen LogP contribution is -2.23. The van der Waals surface area contributed by atoms with Crippen LogP contribution in [0.1, 0.15) is 30.2 Å². The lowest BCUT2D eigenvalue weighted by molar-refractivity contribution is 0.562. The van der Waals surface area contributed by atoms with E-state index in [4.69, 9.17) is 0 Å². The minimum Gasteiger partial charge on any atom is -0.326 e. The van der Waals surface area contributed by atoms with Crippen molar-refractivity contribution in [1.82, 2.24) is 14.9 Å². The Labute approximate surface area is 120 Å². The van der Waals surface area contributed by atoms with Gasteiger partial charge in [0.25, 0.3) is 0 Å². The zero-order valence-electron chi connectivity index (χ0n) is 10.9. The first kappa shape index (κ1) is 13.8. The van der Waals surface area contributed by atoms with Crippen molar-refractivity contribution in [3.63, 3.8) is 0 Å². The third-order valence-corrected chi connectivity index (χ3v) is 4.38. The quantitative estimate of drug-likeness (QED) is 0.909. The molecule has 2 heterocycles. The molecular weight excluding hydrogens is 310 g/mol. The Morgan fingerprint density at radius 2 is 2.22 bits per heavy atom. The Hall–Kier alpha value is -0.650. The Morgan fingerprint density at radius 1 is 1.44 bits per heavy atom. The highest BCUT2D eigenvalue weighted by Crippen LogP contribution is 2.23. The van der Waals surface area contributed by atoms with Crippen molar-refractivity contribution in [2.24, 2.45) is 0 Å². The summed E-state index contributed by atoms with van der Waals surface area (Å²) in [6, 6.07) is 4.75. The average molecular weight is 328 g/mol. The SMILES string of the molecule is Cc1ncc(CNC(C)C)n1Cc1ccc(Br)s1. The fourth-order valence-electron chi connectivity index (χ4n) is 1.77. The van der Waals surface area contributed by atoms with Crippen molar-refractivity contribution >= 4 is 27.3 Å². The predicted octanol–water partition coefficient (Wildman–Crippen LogP) is 3.56. The molecule has 1 N–H and O–H groups in total. The maximum atomic E-state index is 4.41. The van der Waals surface area contributed by atoms with Crippen LogP contribution in [0.2, 0.25) is 0 Å². The largest absolute Gasteiger partial charge is 0.326 e. The van der Waals surface area contributed by atoms with Gasteiger partial charge in [-0.1, -0.05) is 13.8 Å². The average Bonchev–Trinajstić information content (AvgIpc) is 2.85. The van der Waals surface area contributed by atoms with Crippen molar-refractivity contribution in [3.05, 3.63) is 38.5 Å². The van der Waals surface area contributed by atoms with Gasteiger partial charge in [0, 0.05) is 23.7 Å². The second-order valence-corrected chi connectivity index (χ2v) is 7.17. The van der Waals surface area contributed by atoms with Crippen molar-refractivity contribution < 1.29 is 0 Å². The fourth-order valence-corrected chi connectivity index (χ4v) is 3.25. The minimum atomic E-state index is 0.490.